The van der Waals surface area contributed by atoms with Crippen LogP contribution in [-0.4, -0.2) is 6.17 Å². The van der Waals surface area contributed by atoms with E-state index in [0.717, 1.165) is 19.3 Å². The zero-order valence-electron chi connectivity index (χ0n) is 4.49. The zero-order valence-corrected chi connectivity index (χ0v) is 4.49. The first kappa shape index (κ1) is 6.67. The molecule has 0 bridgehead atoms. The van der Waals surface area contributed by atoms with E-state index < -0.39 is 6.17 Å². The van der Waals surface area contributed by atoms with E-state index in [1.807, 2.05) is 0 Å². The van der Waals surface area contributed by atoms with Crippen LogP contribution in [0.15, 0.2) is 13.2 Å². The first-order valence-corrected chi connectivity index (χ1v) is 2.53. The van der Waals surface area contributed by atoms with Crippen molar-refractivity contribution in [3.8, 4) is 0 Å². The van der Waals surface area contributed by atoms with Gasteiger partial charge in [-0.2, -0.15) is 0 Å². The van der Waals surface area contributed by atoms with Gasteiger partial charge in [-0.05, 0) is 19.3 Å². The minimum absolute atomic E-state index is 0.435. The number of alkyl halides is 1. The van der Waals surface area contributed by atoms with Gasteiger partial charge in [0.2, 0.25) is 0 Å². The van der Waals surface area contributed by atoms with Gasteiger partial charge >= 0.3 is 0 Å². The summed E-state index contributed by atoms with van der Waals surface area (Å²) in [4.78, 5) is 0. The third kappa shape index (κ3) is 2.38. The maximum atomic E-state index is 11.5. The molecule has 1 rings (SSSR count). The number of halogens is 1. The van der Waals surface area contributed by atoms with E-state index in [9.17, 15) is 4.39 Å². The smallest absolute Gasteiger partial charge is 0.100 e. The summed E-state index contributed by atoms with van der Waals surface area (Å²) in [7, 11) is 0. The fourth-order valence-corrected chi connectivity index (χ4v) is 0.358. The molecule has 1 heteroatoms. The second-order valence-corrected chi connectivity index (χ2v) is 1.53. The van der Waals surface area contributed by atoms with Crippen LogP contribution in [0.5, 0.6) is 0 Å². The van der Waals surface area contributed by atoms with Crippen molar-refractivity contribution in [1.82, 2.24) is 0 Å². The van der Waals surface area contributed by atoms with Gasteiger partial charge in [0.15, 0.2) is 0 Å². The molecule has 0 atom stereocenters. The van der Waals surface area contributed by atoms with Gasteiger partial charge in [-0.1, -0.05) is 0 Å². The van der Waals surface area contributed by atoms with E-state index in [2.05, 4.69) is 13.2 Å². The molecule has 0 spiro atoms. The second-order valence-electron chi connectivity index (χ2n) is 1.53. The van der Waals surface area contributed by atoms with Gasteiger partial charge in [-0.3, -0.25) is 0 Å². The molecule has 1 saturated carbocycles. The lowest BCUT2D eigenvalue weighted by Gasteiger charge is -2.14. The Morgan fingerprint density at radius 1 is 1.29 bits per heavy atom. The molecule has 0 amide bonds. The minimum Gasteiger partial charge on any atom is -0.247 e. The largest absolute Gasteiger partial charge is 0.247 e. The number of rotatable bonds is 0. The Hall–Kier alpha value is -0.330. The molecule has 0 radical (unpaired) electrons. The van der Waals surface area contributed by atoms with Crippen LogP contribution in [0.4, 0.5) is 4.39 Å². The van der Waals surface area contributed by atoms with E-state index in [0.29, 0.717) is 0 Å². The summed E-state index contributed by atoms with van der Waals surface area (Å²) in [6.07, 6.45) is 2.32. The molecule has 0 aromatic rings. The highest BCUT2D eigenvalue weighted by atomic mass is 19.1. The Labute approximate surface area is 44.0 Å². The van der Waals surface area contributed by atoms with E-state index in [1.54, 1.807) is 0 Å². The van der Waals surface area contributed by atoms with Crippen LogP contribution in [0.25, 0.3) is 0 Å². The number of hydrogen-bond donors (Lipinski definition) is 0. The summed E-state index contributed by atoms with van der Waals surface area (Å²) in [5.41, 5.74) is 0. The SMILES string of the molecule is C=C.FC1CCC1. The molecule has 0 unspecified atom stereocenters. The molecular formula is C6H11F. The molecule has 0 aromatic carbocycles. The van der Waals surface area contributed by atoms with Gasteiger partial charge in [0, 0.05) is 0 Å². The molecule has 1 aliphatic carbocycles. The van der Waals surface area contributed by atoms with Crippen molar-refractivity contribution in [2.75, 3.05) is 0 Å². The molecule has 7 heavy (non-hydrogen) atoms. The average Bonchev–Trinajstić information content (AvgIpc) is 1.68. The predicted molar refractivity (Wildman–Crippen MR) is 30.0 cm³/mol. The third-order valence-electron chi connectivity index (χ3n) is 1.03. The van der Waals surface area contributed by atoms with Crippen LogP contribution < -0.4 is 0 Å². The Morgan fingerprint density at radius 3 is 1.57 bits per heavy atom. The lowest BCUT2D eigenvalue weighted by atomic mass is 9.98. The monoisotopic (exact) mass is 102 g/mol. The fraction of sp³-hybridized carbons (Fsp3) is 0.667. The summed E-state index contributed by atoms with van der Waals surface area (Å²) in [5, 5.41) is 0. The summed E-state index contributed by atoms with van der Waals surface area (Å²) < 4.78 is 11.5. The predicted octanol–water partition coefficient (Wildman–Crippen LogP) is 2.31. The normalized spacial score (nSPS) is 19.0. The molecule has 42 valence electrons. The van der Waals surface area contributed by atoms with Crippen molar-refractivity contribution < 1.29 is 4.39 Å². The van der Waals surface area contributed by atoms with Gasteiger partial charge in [0.25, 0.3) is 0 Å². The van der Waals surface area contributed by atoms with E-state index in [-0.39, 0.29) is 0 Å². The van der Waals surface area contributed by atoms with E-state index in [1.165, 1.54) is 0 Å². The van der Waals surface area contributed by atoms with Crippen molar-refractivity contribution >= 4 is 0 Å². The van der Waals surface area contributed by atoms with Crippen molar-refractivity contribution in [1.29, 1.82) is 0 Å². The Balaban J connectivity index is 0.000000162. The van der Waals surface area contributed by atoms with Crippen molar-refractivity contribution in [3.05, 3.63) is 13.2 Å². The summed E-state index contributed by atoms with van der Waals surface area (Å²) in [6.45, 7) is 6.00. The standard InChI is InChI=1S/C4H7F.C2H4/c5-4-2-1-3-4;1-2/h4H,1-3H2;1-2H2. The molecule has 0 aliphatic heterocycles. The lowest BCUT2D eigenvalue weighted by molar-refractivity contribution is 0.211. The van der Waals surface area contributed by atoms with Crippen LogP contribution in [0.1, 0.15) is 19.3 Å². The van der Waals surface area contributed by atoms with Gasteiger partial charge in [0.1, 0.15) is 6.17 Å². The average molecular weight is 102 g/mol. The van der Waals surface area contributed by atoms with E-state index >= 15 is 0 Å². The molecular weight excluding hydrogens is 91.1 g/mol. The van der Waals surface area contributed by atoms with Gasteiger partial charge in [0.05, 0.1) is 0 Å². The van der Waals surface area contributed by atoms with Crippen LogP contribution in [0.3, 0.4) is 0 Å². The first-order valence-electron chi connectivity index (χ1n) is 2.53. The van der Waals surface area contributed by atoms with Gasteiger partial charge in [-0.25, -0.2) is 4.39 Å². The quantitative estimate of drug-likeness (QED) is 0.412. The Kier molecular flexibility index (Phi) is 3.67. The molecule has 1 fully saturated rings. The molecule has 0 nitrogen and oxygen atoms in total. The maximum absolute atomic E-state index is 11.5. The Morgan fingerprint density at radius 2 is 1.57 bits per heavy atom. The lowest BCUT2D eigenvalue weighted by Crippen LogP contribution is -2.09. The molecule has 0 N–H and O–H groups in total. The second kappa shape index (κ2) is 3.85. The van der Waals surface area contributed by atoms with Crippen LogP contribution in [0.2, 0.25) is 0 Å². The summed E-state index contributed by atoms with van der Waals surface area (Å²) in [5.74, 6) is 0. The zero-order chi connectivity index (χ0) is 5.70. The van der Waals surface area contributed by atoms with Crippen LogP contribution >= 0.6 is 0 Å². The van der Waals surface area contributed by atoms with Crippen LogP contribution in [0, 0.1) is 0 Å². The highest BCUT2D eigenvalue weighted by Gasteiger charge is 2.14. The van der Waals surface area contributed by atoms with Crippen LogP contribution in [-0.2, 0) is 0 Å². The highest BCUT2D eigenvalue weighted by Crippen LogP contribution is 2.20. The van der Waals surface area contributed by atoms with Gasteiger partial charge < -0.3 is 0 Å². The first-order chi connectivity index (χ1) is 3.39. The number of hydrogen-bond acceptors (Lipinski definition) is 0. The summed E-state index contributed by atoms with van der Waals surface area (Å²) >= 11 is 0. The van der Waals surface area contributed by atoms with Gasteiger partial charge in [-0.15, -0.1) is 13.2 Å². The topological polar surface area (TPSA) is 0 Å². The molecule has 1 aliphatic rings. The molecule has 0 aromatic heterocycles. The van der Waals surface area contributed by atoms with Crippen molar-refractivity contribution in [2.45, 2.75) is 25.4 Å². The van der Waals surface area contributed by atoms with Crippen molar-refractivity contribution in [3.63, 3.8) is 0 Å². The van der Waals surface area contributed by atoms with Crippen molar-refractivity contribution in [2.24, 2.45) is 0 Å². The third-order valence-corrected chi connectivity index (χ3v) is 1.03. The fourth-order valence-electron chi connectivity index (χ4n) is 0.358. The molecule has 0 heterocycles. The minimum atomic E-state index is -0.435. The van der Waals surface area contributed by atoms with E-state index in [4.69, 9.17) is 0 Å². The highest BCUT2D eigenvalue weighted by molar-refractivity contribution is 4.65. The Bertz CT molecular complexity index is 39.4. The molecule has 0 saturated heterocycles. The maximum Gasteiger partial charge on any atom is 0.100 e. The summed E-state index contributed by atoms with van der Waals surface area (Å²) in [6, 6.07) is 0.